The van der Waals surface area contributed by atoms with Gasteiger partial charge in [-0.2, -0.15) is 0 Å². The molecule has 0 aromatic heterocycles. The molecule has 0 radical (unpaired) electrons. The van der Waals surface area contributed by atoms with E-state index in [1.54, 1.807) is 18.2 Å². The van der Waals surface area contributed by atoms with Gasteiger partial charge in [-0.25, -0.2) is 4.79 Å². The van der Waals surface area contributed by atoms with E-state index in [2.05, 4.69) is 5.32 Å². The molecular formula is C12H13NO5. The first-order valence-electron chi connectivity index (χ1n) is 5.44. The lowest BCUT2D eigenvalue weighted by Crippen LogP contribution is -2.41. The highest BCUT2D eigenvalue weighted by Gasteiger charge is 2.20. The van der Waals surface area contributed by atoms with Gasteiger partial charge in [-0.15, -0.1) is 0 Å². The number of hydrogen-bond acceptors (Lipinski definition) is 4. The smallest absolute Gasteiger partial charge is 0.326 e. The molecule has 1 heterocycles. The molecule has 2 rings (SSSR count). The predicted molar refractivity (Wildman–Crippen MR) is 61.5 cm³/mol. The van der Waals surface area contributed by atoms with E-state index >= 15 is 0 Å². The molecule has 0 spiro atoms. The van der Waals surface area contributed by atoms with Crippen molar-refractivity contribution in [2.24, 2.45) is 0 Å². The Bertz CT molecular complexity index is 485. The first-order valence-corrected chi connectivity index (χ1v) is 5.44. The summed E-state index contributed by atoms with van der Waals surface area (Å²) in [6.45, 7) is 1.46. The van der Waals surface area contributed by atoms with E-state index in [1.807, 2.05) is 0 Å². The van der Waals surface area contributed by atoms with Gasteiger partial charge in [0.2, 0.25) is 12.7 Å². The Morgan fingerprint density at radius 3 is 2.78 bits per heavy atom. The van der Waals surface area contributed by atoms with E-state index in [9.17, 15) is 9.59 Å². The van der Waals surface area contributed by atoms with Crippen LogP contribution in [0.3, 0.4) is 0 Å². The molecule has 96 valence electrons. The van der Waals surface area contributed by atoms with E-state index in [0.717, 1.165) is 5.56 Å². The van der Waals surface area contributed by atoms with Crippen molar-refractivity contribution in [3.63, 3.8) is 0 Å². The second-order valence-corrected chi connectivity index (χ2v) is 3.98. The van der Waals surface area contributed by atoms with Gasteiger partial charge in [0, 0.05) is 13.3 Å². The zero-order valence-corrected chi connectivity index (χ0v) is 9.80. The average molecular weight is 251 g/mol. The van der Waals surface area contributed by atoms with Crippen molar-refractivity contribution in [3.05, 3.63) is 23.8 Å². The van der Waals surface area contributed by atoms with Crippen LogP contribution in [0, 0.1) is 0 Å². The Hall–Kier alpha value is -2.24. The molecule has 6 nitrogen and oxygen atoms in total. The van der Waals surface area contributed by atoms with Crippen LogP contribution in [-0.2, 0) is 16.0 Å². The van der Waals surface area contributed by atoms with Crippen LogP contribution in [0.1, 0.15) is 12.5 Å². The van der Waals surface area contributed by atoms with E-state index in [-0.39, 0.29) is 19.1 Å². The van der Waals surface area contributed by atoms with Crippen LogP contribution in [0.5, 0.6) is 11.5 Å². The third-order valence-corrected chi connectivity index (χ3v) is 2.55. The number of carboxylic acid groups (broad SMARTS) is 1. The van der Waals surface area contributed by atoms with Crippen LogP contribution in [-0.4, -0.2) is 29.8 Å². The highest BCUT2D eigenvalue weighted by Crippen LogP contribution is 2.32. The number of carbonyl (C=O) groups excluding carboxylic acids is 1. The summed E-state index contributed by atoms with van der Waals surface area (Å²) in [6.07, 6.45) is 0.200. The van der Waals surface area contributed by atoms with Gasteiger partial charge in [0.05, 0.1) is 0 Å². The van der Waals surface area contributed by atoms with Crippen molar-refractivity contribution in [1.82, 2.24) is 5.32 Å². The number of carbonyl (C=O) groups is 2. The highest BCUT2D eigenvalue weighted by atomic mass is 16.7. The summed E-state index contributed by atoms with van der Waals surface area (Å²) in [5, 5.41) is 11.4. The van der Waals surface area contributed by atoms with Crippen molar-refractivity contribution >= 4 is 11.9 Å². The van der Waals surface area contributed by atoms with Crippen LogP contribution >= 0.6 is 0 Å². The molecular weight excluding hydrogens is 238 g/mol. The zero-order valence-electron chi connectivity index (χ0n) is 9.80. The van der Waals surface area contributed by atoms with Crippen LogP contribution < -0.4 is 14.8 Å². The maximum absolute atomic E-state index is 11.0. The maximum Gasteiger partial charge on any atom is 0.326 e. The minimum atomic E-state index is -1.07. The van der Waals surface area contributed by atoms with Crippen molar-refractivity contribution in [1.29, 1.82) is 0 Å². The van der Waals surface area contributed by atoms with Crippen LogP contribution in [0.2, 0.25) is 0 Å². The second-order valence-electron chi connectivity index (χ2n) is 3.98. The van der Waals surface area contributed by atoms with Crippen LogP contribution in [0.25, 0.3) is 0 Å². The van der Waals surface area contributed by atoms with Gasteiger partial charge in [0.1, 0.15) is 6.04 Å². The topological polar surface area (TPSA) is 84.9 Å². The van der Waals surface area contributed by atoms with E-state index in [0.29, 0.717) is 11.5 Å². The fraction of sp³-hybridized carbons (Fsp3) is 0.333. The molecule has 1 atom stereocenters. The summed E-state index contributed by atoms with van der Waals surface area (Å²) >= 11 is 0. The molecule has 2 N–H and O–H groups in total. The number of aliphatic carboxylic acids is 1. The minimum absolute atomic E-state index is 0.173. The molecule has 0 fully saturated rings. The van der Waals surface area contributed by atoms with E-state index < -0.39 is 12.0 Å². The van der Waals surface area contributed by atoms with Gasteiger partial charge in [0.15, 0.2) is 11.5 Å². The van der Waals surface area contributed by atoms with E-state index in [4.69, 9.17) is 14.6 Å². The van der Waals surface area contributed by atoms with Crippen LogP contribution in [0.4, 0.5) is 0 Å². The van der Waals surface area contributed by atoms with Crippen LogP contribution in [0.15, 0.2) is 18.2 Å². The van der Waals surface area contributed by atoms with Crippen molar-refractivity contribution < 1.29 is 24.2 Å². The second kappa shape index (κ2) is 4.95. The fourth-order valence-corrected chi connectivity index (χ4v) is 1.75. The van der Waals surface area contributed by atoms with E-state index in [1.165, 1.54) is 6.92 Å². The number of carboxylic acids is 1. The average Bonchev–Trinajstić information content (AvgIpc) is 2.74. The zero-order chi connectivity index (χ0) is 13.1. The number of rotatable bonds is 4. The Balaban J connectivity index is 2.11. The predicted octanol–water partition coefficient (Wildman–Crippen LogP) is 0.547. The Kier molecular flexibility index (Phi) is 3.36. The van der Waals surface area contributed by atoms with Crippen molar-refractivity contribution in [3.8, 4) is 11.5 Å². The lowest BCUT2D eigenvalue weighted by molar-refractivity contribution is -0.141. The monoisotopic (exact) mass is 251 g/mol. The third-order valence-electron chi connectivity index (χ3n) is 2.55. The number of amides is 1. The summed E-state index contributed by atoms with van der Waals surface area (Å²) in [5.41, 5.74) is 0.764. The molecule has 1 aromatic rings. The quantitative estimate of drug-likeness (QED) is 0.816. The van der Waals surface area contributed by atoms with Gasteiger partial charge in [-0.3, -0.25) is 4.79 Å². The first kappa shape index (κ1) is 12.2. The van der Waals surface area contributed by atoms with Gasteiger partial charge in [0.25, 0.3) is 0 Å². The lowest BCUT2D eigenvalue weighted by Gasteiger charge is -2.13. The summed E-state index contributed by atoms with van der Waals surface area (Å²) in [7, 11) is 0. The molecule has 0 aliphatic carbocycles. The molecule has 0 saturated carbocycles. The molecule has 1 unspecified atom stereocenters. The van der Waals surface area contributed by atoms with Gasteiger partial charge < -0.3 is 19.9 Å². The molecule has 18 heavy (non-hydrogen) atoms. The Morgan fingerprint density at radius 2 is 2.11 bits per heavy atom. The van der Waals surface area contributed by atoms with Crippen molar-refractivity contribution in [2.75, 3.05) is 6.79 Å². The molecule has 1 amide bonds. The summed E-state index contributed by atoms with van der Waals surface area (Å²) in [6, 6.07) is 4.26. The summed E-state index contributed by atoms with van der Waals surface area (Å²) in [5.74, 6) is -0.198. The molecule has 0 saturated heterocycles. The molecule has 0 bridgehead atoms. The summed E-state index contributed by atoms with van der Waals surface area (Å²) < 4.78 is 10.4. The summed E-state index contributed by atoms with van der Waals surface area (Å²) in [4.78, 5) is 21.9. The van der Waals surface area contributed by atoms with Crippen molar-refractivity contribution in [2.45, 2.75) is 19.4 Å². The SMILES string of the molecule is CC(=O)NC(Cc1ccc2c(c1)OCO2)C(=O)O. The third kappa shape index (κ3) is 2.71. The molecule has 6 heteroatoms. The van der Waals surface area contributed by atoms with Gasteiger partial charge in [-0.05, 0) is 17.7 Å². The fourth-order valence-electron chi connectivity index (χ4n) is 1.75. The number of ether oxygens (including phenoxy) is 2. The number of hydrogen-bond donors (Lipinski definition) is 2. The number of fused-ring (bicyclic) bond motifs is 1. The normalized spacial score (nSPS) is 14.1. The molecule has 1 aromatic carbocycles. The number of benzene rings is 1. The lowest BCUT2D eigenvalue weighted by atomic mass is 10.1. The van der Waals surface area contributed by atoms with Gasteiger partial charge >= 0.3 is 5.97 Å². The first-order chi connectivity index (χ1) is 8.56. The molecule has 1 aliphatic rings. The minimum Gasteiger partial charge on any atom is -0.480 e. The number of nitrogens with one attached hydrogen (secondary N) is 1. The largest absolute Gasteiger partial charge is 0.480 e. The standard InChI is InChI=1S/C12H13NO5/c1-7(14)13-9(12(15)16)4-8-2-3-10-11(5-8)18-6-17-10/h2-3,5,9H,4,6H2,1H3,(H,13,14)(H,15,16). The van der Waals surface area contributed by atoms with Gasteiger partial charge in [-0.1, -0.05) is 6.07 Å². The maximum atomic E-state index is 11.0. The Morgan fingerprint density at radius 1 is 1.39 bits per heavy atom. The molecule has 1 aliphatic heterocycles. The highest BCUT2D eigenvalue weighted by molar-refractivity contribution is 5.82. The Labute approximate surface area is 104 Å².